The normalized spacial score (nSPS) is 20.8. The molecule has 712 valence electrons. The molecule has 0 spiro atoms. The number of nitrogens with one attached hydrogen (secondary N) is 2. The summed E-state index contributed by atoms with van der Waals surface area (Å²) in [6.45, 7) is 12.4. The molecule has 10 unspecified atom stereocenters. The largest absolute Gasteiger partial charge is 0.462 e. The Bertz CT molecular complexity index is 2550. The van der Waals surface area contributed by atoms with Crippen LogP contribution in [0, 0.1) is 0 Å². The summed E-state index contributed by atoms with van der Waals surface area (Å²) in [5.41, 5.74) is 0. The van der Waals surface area contributed by atoms with Gasteiger partial charge in [-0.3, -0.25) is 37.9 Å². The third-order valence-electron chi connectivity index (χ3n) is 24.2. The van der Waals surface area contributed by atoms with Crippen molar-refractivity contribution in [3.63, 3.8) is 0 Å². The van der Waals surface area contributed by atoms with E-state index >= 15 is 0 Å². The molecule has 2 aliphatic rings. The first-order valence-corrected chi connectivity index (χ1v) is 52.3. The lowest BCUT2D eigenvalue weighted by Crippen LogP contribution is -2.67. The SMILES string of the molecule is CCCCCCCCCCCCCCCC(=O)OC(CCCCCCCCCCC)CC(=O)NC1C(OP(C)(=O)O)OC(CO[C@@H]2OC(CO)[C@@H](O)[C@H](OC(=O)CC(CCCCCCCCCCC)OC(=O)CCCCCCCCCCC)C2NC(=O)CC(O)CCCCCCCCCCC)[C@@H](O)[C@@H]1OC(=O)CC(O)CCCCCCCCCCC. The van der Waals surface area contributed by atoms with E-state index in [0.29, 0.717) is 57.8 Å². The number of unbranched alkanes of at least 4 members (excludes halogenated alkanes) is 52. The Morgan fingerprint density at radius 1 is 0.347 bits per heavy atom. The van der Waals surface area contributed by atoms with E-state index < -0.39 is 161 Å². The van der Waals surface area contributed by atoms with Crippen molar-refractivity contribution in [3.8, 4) is 0 Å². The van der Waals surface area contributed by atoms with Gasteiger partial charge in [-0.1, -0.05) is 388 Å². The van der Waals surface area contributed by atoms with E-state index in [4.69, 9.17) is 37.7 Å². The third-order valence-corrected chi connectivity index (χ3v) is 24.8. The molecule has 2 amide bonds. The summed E-state index contributed by atoms with van der Waals surface area (Å²) in [7, 11) is -4.64. The molecule has 0 saturated carbocycles. The summed E-state index contributed by atoms with van der Waals surface area (Å²) in [5.74, 6) is -4.29. The van der Waals surface area contributed by atoms with Crippen LogP contribution in [0.15, 0.2) is 0 Å². The Hall–Kier alpha value is -3.35. The molecule has 15 atom stereocenters. The molecule has 2 rings (SSSR count). The van der Waals surface area contributed by atoms with Crippen molar-refractivity contribution in [2.24, 2.45) is 0 Å². The molecule has 121 heavy (non-hydrogen) atoms. The van der Waals surface area contributed by atoms with Crippen molar-refractivity contribution in [1.29, 1.82) is 0 Å². The van der Waals surface area contributed by atoms with Crippen LogP contribution >= 0.6 is 7.60 Å². The molecular formula is C97H183N2O21P. The molecule has 24 heteroatoms. The number of aliphatic hydroxyl groups excluding tert-OH is 5. The number of carbonyl (C=O) groups is 6. The smallest absolute Gasteiger partial charge is 0.327 e. The van der Waals surface area contributed by atoms with Gasteiger partial charge in [-0.05, 0) is 51.4 Å². The highest BCUT2D eigenvalue weighted by molar-refractivity contribution is 7.51. The third kappa shape index (κ3) is 60.9. The molecule has 0 aromatic rings. The van der Waals surface area contributed by atoms with E-state index in [1.54, 1.807) is 0 Å². The quantitative estimate of drug-likeness (QED) is 0.0121. The van der Waals surface area contributed by atoms with Gasteiger partial charge >= 0.3 is 31.5 Å². The fraction of sp³-hybridized carbons (Fsp3) is 0.938. The van der Waals surface area contributed by atoms with Gasteiger partial charge < -0.3 is 74.2 Å². The van der Waals surface area contributed by atoms with Crippen LogP contribution in [0.2, 0.25) is 0 Å². The van der Waals surface area contributed by atoms with Crippen molar-refractivity contribution in [2.75, 3.05) is 19.9 Å². The predicted octanol–water partition coefficient (Wildman–Crippen LogP) is 22.0. The summed E-state index contributed by atoms with van der Waals surface area (Å²) in [5, 5.41) is 64.0. The van der Waals surface area contributed by atoms with Gasteiger partial charge in [0.05, 0.1) is 51.1 Å². The van der Waals surface area contributed by atoms with Gasteiger partial charge in [-0.25, -0.2) is 0 Å². The highest BCUT2D eigenvalue weighted by Gasteiger charge is 2.53. The van der Waals surface area contributed by atoms with Crippen LogP contribution in [0.25, 0.3) is 0 Å². The predicted molar refractivity (Wildman–Crippen MR) is 483 cm³/mol. The van der Waals surface area contributed by atoms with Gasteiger partial charge in [0.2, 0.25) is 11.8 Å². The zero-order valence-corrected chi connectivity index (χ0v) is 78.7. The van der Waals surface area contributed by atoms with Gasteiger partial charge in [0.15, 0.2) is 24.8 Å². The summed E-state index contributed by atoms with van der Waals surface area (Å²) in [4.78, 5) is 96.6. The molecule has 8 N–H and O–H groups in total. The zero-order valence-electron chi connectivity index (χ0n) is 77.8. The van der Waals surface area contributed by atoms with Crippen molar-refractivity contribution in [3.05, 3.63) is 0 Å². The Labute approximate surface area is 735 Å². The van der Waals surface area contributed by atoms with E-state index in [1.165, 1.54) is 135 Å². The molecule has 2 saturated heterocycles. The van der Waals surface area contributed by atoms with Crippen molar-refractivity contribution < 1.29 is 101 Å². The van der Waals surface area contributed by atoms with E-state index in [1.807, 2.05) is 0 Å². The lowest BCUT2D eigenvalue weighted by atomic mass is 9.95. The summed E-state index contributed by atoms with van der Waals surface area (Å²) in [6.07, 6.45) is 42.9. The average Bonchev–Trinajstić information content (AvgIpc) is 0.782. The Balaban J connectivity index is 2.66. The minimum Gasteiger partial charge on any atom is -0.462 e. The van der Waals surface area contributed by atoms with Crippen LogP contribution in [0.5, 0.6) is 0 Å². The van der Waals surface area contributed by atoms with Crippen molar-refractivity contribution in [1.82, 2.24) is 10.6 Å². The fourth-order valence-corrected chi connectivity index (χ4v) is 17.3. The van der Waals surface area contributed by atoms with E-state index in [-0.39, 0.29) is 25.7 Å². The maximum Gasteiger partial charge on any atom is 0.327 e. The minimum atomic E-state index is -4.64. The first kappa shape index (κ1) is 114. The van der Waals surface area contributed by atoms with E-state index in [2.05, 4.69) is 52.2 Å². The second kappa shape index (κ2) is 76.7. The van der Waals surface area contributed by atoms with Gasteiger partial charge in [0.1, 0.15) is 48.7 Å². The van der Waals surface area contributed by atoms with Crippen LogP contribution in [0.4, 0.5) is 0 Å². The second-order valence-corrected chi connectivity index (χ2v) is 37.8. The Morgan fingerprint density at radius 3 is 0.959 bits per heavy atom. The molecule has 2 aliphatic heterocycles. The first-order chi connectivity index (χ1) is 58.6. The van der Waals surface area contributed by atoms with Crippen molar-refractivity contribution in [2.45, 2.75) is 564 Å². The molecule has 0 aromatic carbocycles. The molecular weight excluding hydrogens is 1560 g/mol. The number of carbonyl (C=O) groups excluding carboxylic acids is 6. The standard InChI is InChI=1S/C97H183N2O21P/c1-8-14-20-26-32-38-39-40-41-47-53-59-64-70-86(105)114-80(68-62-56-50-44-35-29-23-17-11-4)74-85(104)99-91-95(118-88(107)73-79(102)67-61-55-49-43-34-28-22-16-10-3)93(110)83(117-97(91)120-121(7,111)112)77-113-96-90(98-84(103)72-78(101)66-60-54-48-42-33-27-21-15-9-2)94(92(109)82(76-100)116-96)119-89(108)75-81(69-63-57-51-45-36-30-24-18-12-5)115-87(106)71-65-58-52-46-37-31-25-19-13-6/h78-83,90-97,100-102,109-110H,8-77H2,1-7H3,(H,98,103)(H,99,104)(H,111,112)/t78?,79?,80?,81?,82?,83?,90?,91?,92-,93-,94-,95-,96-,97?/m1/s1. The number of esters is 4. The Kier molecular flexibility index (Phi) is 72.1. The number of hydrogen-bond donors (Lipinski definition) is 8. The number of ether oxygens (including phenoxy) is 7. The molecule has 23 nitrogen and oxygen atoms in total. The van der Waals surface area contributed by atoms with Gasteiger partial charge in [-0.2, -0.15) is 0 Å². The Morgan fingerprint density at radius 2 is 0.620 bits per heavy atom. The molecule has 2 fully saturated rings. The topological polar surface area (TPSA) is 339 Å². The zero-order chi connectivity index (χ0) is 88.6. The second-order valence-electron chi connectivity index (χ2n) is 36.0. The monoisotopic (exact) mass is 1740 g/mol. The van der Waals surface area contributed by atoms with Crippen LogP contribution in [0.3, 0.4) is 0 Å². The highest BCUT2D eigenvalue weighted by Crippen LogP contribution is 2.42. The summed E-state index contributed by atoms with van der Waals surface area (Å²) < 4.78 is 62.9. The molecule has 0 radical (unpaired) electrons. The van der Waals surface area contributed by atoms with E-state index in [9.17, 15) is 63.8 Å². The fourth-order valence-electron chi connectivity index (χ4n) is 16.7. The maximum atomic E-state index is 14.8. The van der Waals surface area contributed by atoms with Gasteiger partial charge in [-0.15, -0.1) is 0 Å². The highest BCUT2D eigenvalue weighted by atomic mass is 31.2. The number of aliphatic hydroxyl groups is 5. The molecule has 0 aromatic heterocycles. The molecule has 2 heterocycles. The molecule has 0 aliphatic carbocycles. The number of rotatable bonds is 84. The van der Waals surface area contributed by atoms with Crippen molar-refractivity contribution >= 4 is 43.3 Å². The number of hydrogen-bond acceptors (Lipinski definition) is 20. The minimum absolute atomic E-state index is 0.160. The van der Waals surface area contributed by atoms with E-state index in [0.717, 1.165) is 206 Å². The van der Waals surface area contributed by atoms with Gasteiger partial charge in [0.25, 0.3) is 0 Å². The van der Waals surface area contributed by atoms with Gasteiger partial charge in [0, 0.05) is 19.5 Å². The summed E-state index contributed by atoms with van der Waals surface area (Å²) in [6, 6.07) is -3.36. The average molecular weight is 1740 g/mol. The summed E-state index contributed by atoms with van der Waals surface area (Å²) >= 11 is 0. The first-order valence-electron chi connectivity index (χ1n) is 50.2. The molecule has 0 bridgehead atoms. The van der Waals surface area contributed by atoms with Crippen LogP contribution in [-0.4, -0.2) is 172 Å². The maximum absolute atomic E-state index is 14.8. The lowest BCUT2D eigenvalue weighted by molar-refractivity contribution is -0.297. The van der Waals surface area contributed by atoms with Crippen LogP contribution in [-0.2, 0) is 71.0 Å². The lowest BCUT2D eigenvalue weighted by Gasteiger charge is -2.46. The van der Waals surface area contributed by atoms with Crippen LogP contribution < -0.4 is 10.6 Å². The number of amides is 2. The van der Waals surface area contributed by atoms with Crippen LogP contribution in [0.1, 0.15) is 478 Å².